The van der Waals surface area contributed by atoms with Gasteiger partial charge in [0.25, 0.3) is 5.56 Å². The van der Waals surface area contributed by atoms with E-state index in [1.54, 1.807) is 35.1 Å². The Morgan fingerprint density at radius 3 is 2.79 bits per heavy atom. The summed E-state index contributed by atoms with van der Waals surface area (Å²) >= 11 is 2.92. The van der Waals surface area contributed by atoms with Gasteiger partial charge in [0.05, 0.1) is 34.4 Å². The Balaban J connectivity index is 1.67. The first-order chi connectivity index (χ1) is 16.0. The lowest BCUT2D eigenvalue weighted by Gasteiger charge is -2.16. The van der Waals surface area contributed by atoms with Crippen LogP contribution in [0, 0.1) is 6.92 Å². The minimum absolute atomic E-state index is 0.116. The molecule has 2 aromatic carbocycles. The van der Waals surface area contributed by atoms with E-state index in [4.69, 9.17) is 9.72 Å². The van der Waals surface area contributed by atoms with Gasteiger partial charge in [-0.2, -0.15) is 0 Å². The molecule has 1 saturated carbocycles. The van der Waals surface area contributed by atoms with E-state index >= 15 is 0 Å². The Kier molecular flexibility index (Phi) is 4.74. The number of rotatable bonds is 5. The number of phenols is 1. The lowest BCUT2D eigenvalue weighted by atomic mass is 10.0. The zero-order valence-corrected chi connectivity index (χ0v) is 19.8. The number of hydrogen-bond acceptors (Lipinski definition) is 7. The van der Waals surface area contributed by atoms with Crippen molar-refractivity contribution in [3.8, 4) is 22.9 Å². The van der Waals surface area contributed by atoms with Crippen molar-refractivity contribution in [2.24, 2.45) is 0 Å². The summed E-state index contributed by atoms with van der Waals surface area (Å²) < 4.78 is 7.90. The van der Waals surface area contributed by atoms with Crippen molar-refractivity contribution >= 4 is 43.0 Å². The van der Waals surface area contributed by atoms with Crippen LogP contribution in [0.25, 0.3) is 31.7 Å². The molecule has 5 aromatic rings. The third-order valence-electron chi connectivity index (χ3n) is 6.10. The fourth-order valence-electron chi connectivity index (χ4n) is 4.36. The quantitative estimate of drug-likeness (QED) is 0.354. The second-order valence-electron chi connectivity index (χ2n) is 8.35. The molecule has 1 aliphatic carbocycles. The first-order valence-electron chi connectivity index (χ1n) is 10.8. The molecule has 6 nitrogen and oxygen atoms in total. The van der Waals surface area contributed by atoms with E-state index in [2.05, 4.69) is 11.1 Å². The molecule has 1 aliphatic rings. The third kappa shape index (κ3) is 3.41. The van der Waals surface area contributed by atoms with Gasteiger partial charge in [0.1, 0.15) is 22.2 Å². The van der Waals surface area contributed by atoms with Gasteiger partial charge >= 0.3 is 0 Å². The summed E-state index contributed by atoms with van der Waals surface area (Å²) in [5.41, 5.74) is 2.83. The predicted octanol–water partition coefficient (Wildman–Crippen LogP) is 5.68. The van der Waals surface area contributed by atoms with Crippen LogP contribution in [0.2, 0.25) is 0 Å². The SMILES string of the molecule is COc1ccc(-c2nc3sc4c(O)cccc4c3c(=O)n2Cc2csc(C)n2)c(C2CC2)c1. The number of thiazole rings is 1. The van der Waals surface area contributed by atoms with Gasteiger partial charge in [0.15, 0.2) is 0 Å². The summed E-state index contributed by atoms with van der Waals surface area (Å²) in [5.74, 6) is 2.05. The van der Waals surface area contributed by atoms with Crippen LogP contribution in [0.4, 0.5) is 0 Å². The monoisotopic (exact) mass is 475 g/mol. The van der Waals surface area contributed by atoms with Crippen molar-refractivity contribution < 1.29 is 9.84 Å². The number of fused-ring (bicyclic) bond motifs is 3. The van der Waals surface area contributed by atoms with E-state index < -0.39 is 0 Å². The van der Waals surface area contributed by atoms with Crippen molar-refractivity contribution in [2.75, 3.05) is 7.11 Å². The highest BCUT2D eigenvalue weighted by Crippen LogP contribution is 2.46. The average molecular weight is 476 g/mol. The molecule has 0 atom stereocenters. The molecule has 3 aromatic heterocycles. The lowest BCUT2D eigenvalue weighted by molar-refractivity contribution is 0.414. The molecular formula is C25H21N3O3S2. The molecule has 6 rings (SSSR count). The maximum absolute atomic E-state index is 13.9. The highest BCUT2D eigenvalue weighted by atomic mass is 32.1. The third-order valence-corrected chi connectivity index (χ3v) is 8.05. The van der Waals surface area contributed by atoms with E-state index in [0.717, 1.165) is 45.8 Å². The topological polar surface area (TPSA) is 77.2 Å². The summed E-state index contributed by atoms with van der Waals surface area (Å²) in [4.78, 5) is 24.2. The number of aryl methyl sites for hydroxylation is 1. The van der Waals surface area contributed by atoms with Gasteiger partial charge in [-0.15, -0.1) is 22.7 Å². The number of hydrogen-bond donors (Lipinski definition) is 1. The minimum Gasteiger partial charge on any atom is -0.506 e. The van der Waals surface area contributed by atoms with Gasteiger partial charge in [0.2, 0.25) is 0 Å². The smallest absolute Gasteiger partial charge is 0.263 e. The number of nitrogens with zero attached hydrogens (tertiary/aromatic N) is 3. The summed E-state index contributed by atoms with van der Waals surface area (Å²) in [6.07, 6.45) is 2.24. The number of benzene rings is 2. The highest BCUT2D eigenvalue weighted by molar-refractivity contribution is 7.25. The number of phenolic OH excluding ortho intramolecular Hbond substituents is 1. The average Bonchev–Trinajstić information content (AvgIpc) is 3.47. The number of aromatic nitrogens is 3. The number of ether oxygens (including phenoxy) is 1. The van der Waals surface area contributed by atoms with E-state index in [1.165, 1.54) is 11.3 Å². The molecule has 0 radical (unpaired) electrons. The molecule has 0 unspecified atom stereocenters. The molecule has 0 saturated heterocycles. The van der Waals surface area contributed by atoms with Gasteiger partial charge in [0, 0.05) is 16.3 Å². The maximum Gasteiger partial charge on any atom is 0.263 e. The van der Waals surface area contributed by atoms with E-state index in [-0.39, 0.29) is 11.3 Å². The molecule has 1 N–H and O–H groups in total. The zero-order chi connectivity index (χ0) is 22.7. The Morgan fingerprint density at radius 2 is 2.06 bits per heavy atom. The molecule has 0 bridgehead atoms. The van der Waals surface area contributed by atoms with Crippen LogP contribution in [0.1, 0.15) is 35.0 Å². The second-order valence-corrected chi connectivity index (χ2v) is 10.4. The van der Waals surface area contributed by atoms with Crippen LogP contribution in [0.3, 0.4) is 0 Å². The summed E-state index contributed by atoms with van der Waals surface area (Å²) in [6.45, 7) is 2.30. The van der Waals surface area contributed by atoms with Gasteiger partial charge in [-0.1, -0.05) is 12.1 Å². The summed E-state index contributed by atoms with van der Waals surface area (Å²) in [7, 11) is 1.67. The number of aromatic hydroxyl groups is 1. The van der Waals surface area contributed by atoms with Crippen molar-refractivity contribution in [3.63, 3.8) is 0 Å². The molecule has 0 spiro atoms. The molecule has 166 valence electrons. The lowest BCUT2D eigenvalue weighted by Crippen LogP contribution is -2.24. The molecule has 33 heavy (non-hydrogen) atoms. The zero-order valence-electron chi connectivity index (χ0n) is 18.2. The first-order valence-corrected chi connectivity index (χ1v) is 12.5. The minimum atomic E-state index is -0.116. The number of thiophene rings is 1. The Labute approximate surface area is 197 Å². The van der Waals surface area contributed by atoms with E-state index in [0.29, 0.717) is 33.2 Å². The maximum atomic E-state index is 13.9. The van der Waals surface area contributed by atoms with E-state index in [1.807, 2.05) is 30.5 Å². The Morgan fingerprint density at radius 1 is 1.21 bits per heavy atom. The Bertz CT molecular complexity index is 1590. The van der Waals surface area contributed by atoms with Crippen molar-refractivity contribution in [2.45, 2.75) is 32.2 Å². The molecule has 0 amide bonds. The van der Waals surface area contributed by atoms with Gasteiger partial charge < -0.3 is 9.84 Å². The molecule has 0 aliphatic heterocycles. The molecular weight excluding hydrogens is 454 g/mol. The second kappa shape index (κ2) is 7.67. The largest absolute Gasteiger partial charge is 0.506 e. The van der Waals surface area contributed by atoms with Gasteiger partial charge in [-0.3, -0.25) is 9.36 Å². The van der Waals surface area contributed by atoms with Crippen LogP contribution < -0.4 is 10.3 Å². The van der Waals surface area contributed by atoms with Crippen molar-refractivity contribution in [3.05, 3.63) is 68.4 Å². The molecule has 8 heteroatoms. The standard InChI is InChI=1S/C25H21N3O3S2/c1-13-26-15(12-32-13)11-28-23(17-9-8-16(31-2)10-19(17)14-6-7-14)27-24-21(25(28)30)18-4-3-5-20(29)22(18)33-24/h3-5,8-10,12,14,29H,6-7,11H2,1-2H3. The van der Waals surface area contributed by atoms with Crippen LogP contribution >= 0.6 is 22.7 Å². The fourth-order valence-corrected chi connectivity index (χ4v) is 6.04. The molecule has 3 heterocycles. The van der Waals surface area contributed by atoms with E-state index in [9.17, 15) is 9.90 Å². The molecule has 1 fully saturated rings. The van der Waals surface area contributed by atoms with Crippen molar-refractivity contribution in [1.82, 2.24) is 14.5 Å². The Hall–Kier alpha value is -3.23. The van der Waals surface area contributed by atoms with Gasteiger partial charge in [-0.25, -0.2) is 9.97 Å². The first kappa shape index (κ1) is 20.4. The highest BCUT2D eigenvalue weighted by Gasteiger charge is 2.29. The van der Waals surface area contributed by atoms with Crippen LogP contribution in [-0.4, -0.2) is 26.8 Å². The van der Waals surface area contributed by atoms with Gasteiger partial charge in [-0.05, 0) is 55.5 Å². The normalized spacial score (nSPS) is 13.8. The summed E-state index contributed by atoms with van der Waals surface area (Å²) in [5, 5.41) is 14.6. The van der Waals surface area contributed by atoms with Crippen LogP contribution in [0.5, 0.6) is 11.5 Å². The predicted molar refractivity (Wildman–Crippen MR) is 133 cm³/mol. The van der Waals surface area contributed by atoms with Crippen molar-refractivity contribution in [1.29, 1.82) is 0 Å². The van der Waals surface area contributed by atoms with Crippen LogP contribution in [-0.2, 0) is 6.54 Å². The van der Waals surface area contributed by atoms with Crippen LogP contribution in [0.15, 0.2) is 46.6 Å². The fraction of sp³-hybridized carbons (Fsp3) is 0.240. The number of methoxy groups -OCH3 is 1. The summed E-state index contributed by atoms with van der Waals surface area (Å²) in [6, 6.07) is 11.3.